The van der Waals surface area contributed by atoms with Crippen molar-refractivity contribution >= 4 is 29.8 Å². The maximum Gasteiger partial charge on any atom is 0.338 e. The first kappa shape index (κ1) is 18.1. The summed E-state index contributed by atoms with van der Waals surface area (Å²) < 4.78 is 23.9. The monoisotopic (exact) mass is 355 g/mol. The van der Waals surface area contributed by atoms with Crippen LogP contribution in [-0.2, 0) is 19.8 Å². The van der Waals surface area contributed by atoms with E-state index in [2.05, 4.69) is 15.5 Å². The van der Waals surface area contributed by atoms with Gasteiger partial charge in [-0.2, -0.15) is 0 Å². The van der Waals surface area contributed by atoms with E-state index in [-0.39, 0.29) is 18.4 Å². The van der Waals surface area contributed by atoms with Crippen LogP contribution in [0.3, 0.4) is 0 Å². The second-order valence-corrected chi connectivity index (χ2v) is 8.59. The molecule has 8 heteroatoms. The van der Waals surface area contributed by atoms with E-state index in [1.165, 1.54) is 11.3 Å². The number of benzene rings is 1. The number of para-hydroxylation sites is 1. The summed E-state index contributed by atoms with van der Waals surface area (Å²) in [5.74, 6) is 0. The van der Waals surface area contributed by atoms with E-state index in [0.29, 0.717) is 10.1 Å². The minimum absolute atomic E-state index is 0.123. The van der Waals surface area contributed by atoms with Gasteiger partial charge in [0.1, 0.15) is 11.2 Å². The average molecular weight is 355 g/mol. The molecular weight excluding hydrogens is 333 g/mol. The molecule has 0 saturated carbocycles. The fourth-order valence-electron chi connectivity index (χ4n) is 1.92. The van der Waals surface area contributed by atoms with Crippen molar-refractivity contribution < 1.29 is 13.6 Å². The van der Waals surface area contributed by atoms with Crippen LogP contribution in [0.2, 0.25) is 0 Å². The molecule has 1 aromatic heterocycles. The molecule has 0 aliphatic carbocycles. The Morgan fingerprint density at radius 1 is 1.09 bits per heavy atom. The summed E-state index contributed by atoms with van der Waals surface area (Å²) in [5, 5.41) is 12.6. The van der Waals surface area contributed by atoms with E-state index in [1.54, 1.807) is 0 Å². The van der Waals surface area contributed by atoms with E-state index in [4.69, 9.17) is 9.05 Å². The molecule has 23 heavy (non-hydrogen) atoms. The Morgan fingerprint density at radius 2 is 1.70 bits per heavy atom. The van der Waals surface area contributed by atoms with Gasteiger partial charge in [-0.1, -0.05) is 29.5 Å². The van der Waals surface area contributed by atoms with E-state index in [9.17, 15) is 4.57 Å². The van der Waals surface area contributed by atoms with Crippen LogP contribution in [0.5, 0.6) is 0 Å². The van der Waals surface area contributed by atoms with E-state index in [1.807, 2.05) is 58.0 Å². The number of hydrogen-bond donors (Lipinski definition) is 1. The number of rotatable bonds is 8. The molecule has 6 nitrogen and oxygen atoms in total. The molecule has 0 aliphatic heterocycles. The molecule has 0 aliphatic rings. The summed E-state index contributed by atoms with van der Waals surface area (Å²) in [6.07, 6.45) is -0.249. The molecule has 126 valence electrons. The van der Waals surface area contributed by atoms with Crippen LogP contribution in [0.25, 0.3) is 0 Å². The van der Waals surface area contributed by atoms with Gasteiger partial charge in [0.25, 0.3) is 0 Å². The highest BCUT2D eigenvalue weighted by molar-refractivity contribution is 7.53. The first-order valence-corrected chi connectivity index (χ1v) is 10.0. The fourth-order valence-corrected chi connectivity index (χ4v) is 5.09. The molecule has 1 aromatic carbocycles. The summed E-state index contributed by atoms with van der Waals surface area (Å²) >= 11 is 1.34. The quantitative estimate of drug-likeness (QED) is 0.684. The average Bonchev–Trinajstić information content (AvgIpc) is 2.84. The molecule has 0 spiro atoms. The van der Waals surface area contributed by atoms with Crippen LogP contribution in [0.1, 0.15) is 32.7 Å². The Hall–Kier alpha value is -1.27. The van der Waals surface area contributed by atoms with Crippen molar-refractivity contribution in [3.8, 4) is 0 Å². The third-order valence-electron chi connectivity index (χ3n) is 2.56. The van der Waals surface area contributed by atoms with Crippen LogP contribution < -0.4 is 5.32 Å². The highest BCUT2D eigenvalue weighted by Gasteiger charge is 2.30. The zero-order valence-corrected chi connectivity index (χ0v) is 15.4. The van der Waals surface area contributed by atoms with Gasteiger partial charge in [-0.3, -0.25) is 4.57 Å². The summed E-state index contributed by atoms with van der Waals surface area (Å²) in [4.78, 5) is 0. The van der Waals surface area contributed by atoms with Crippen LogP contribution >= 0.6 is 18.9 Å². The minimum atomic E-state index is -3.24. The predicted octanol–water partition coefficient (Wildman–Crippen LogP) is 4.82. The van der Waals surface area contributed by atoms with Gasteiger partial charge in [-0.05, 0) is 39.8 Å². The summed E-state index contributed by atoms with van der Waals surface area (Å²) in [6.45, 7) is 7.33. The Kier molecular flexibility index (Phi) is 6.30. The van der Waals surface area contributed by atoms with E-state index in [0.717, 1.165) is 5.69 Å². The van der Waals surface area contributed by atoms with Crippen molar-refractivity contribution in [2.24, 2.45) is 0 Å². The second-order valence-electron chi connectivity index (χ2n) is 5.57. The molecule has 1 N–H and O–H groups in total. The van der Waals surface area contributed by atoms with Crippen molar-refractivity contribution in [2.45, 2.75) is 46.1 Å². The number of nitrogens with zero attached hydrogens (tertiary/aromatic N) is 2. The smallest absolute Gasteiger partial charge is 0.330 e. The fraction of sp³-hybridized carbons (Fsp3) is 0.467. The third kappa shape index (κ3) is 6.03. The second kappa shape index (κ2) is 8.02. The van der Waals surface area contributed by atoms with Gasteiger partial charge >= 0.3 is 7.60 Å². The zero-order valence-electron chi connectivity index (χ0n) is 13.7. The number of aromatic nitrogens is 2. The first-order chi connectivity index (χ1) is 10.9. The largest absolute Gasteiger partial charge is 0.338 e. The lowest BCUT2D eigenvalue weighted by Gasteiger charge is -2.21. The van der Waals surface area contributed by atoms with Crippen molar-refractivity contribution in [1.82, 2.24) is 10.2 Å². The summed E-state index contributed by atoms with van der Waals surface area (Å²) in [5.41, 5.74) is 0.926. The highest BCUT2D eigenvalue weighted by Crippen LogP contribution is 2.53. The van der Waals surface area contributed by atoms with Crippen LogP contribution in [-0.4, -0.2) is 22.4 Å². The van der Waals surface area contributed by atoms with Gasteiger partial charge in [0.2, 0.25) is 5.13 Å². The number of anilines is 2. The lowest BCUT2D eigenvalue weighted by molar-refractivity contribution is 0.141. The molecule has 0 saturated heterocycles. The Bertz CT molecular complexity index is 647. The lowest BCUT2D eigenvalue weighted by Crippen LogP contribution is -2.09. The molecule has 2 aromatic rings. The third-order valence-corrected chi connectivity index (χ3v) is 5.79. The molecule has 0 amide bonds. The van der Waals surface area contributed by atoms with Crippen LogP contribution in [0.15, 0.2) is 30.3 Å². The van der Waals surface area contributed by atoms with Crippen LogP contribution in [0.4, 0.5) is 10.8 Å². The van der Waals surface area contributed by atoms with Gasteiger partial charge in [0.05, 0.1) is 12.2 Å². The number of nitrogens with one attached hydrogen (secondary N) is 1. The zero-order chi connectivity index (χ0) is 16.9. The molecule has 0 radical (unpaired) electrons. The van der Waals surface area contributed by atoms with E-state index < -0.39 is 7.60 Å². The van der Waals surface area contributed by atoms with Gasteiger partial charge < -0.3 is 14.4 Å². The van der Waals surface area contributed by atoms with Gasteiger partial charge in [0, 0.05) is 5.69 Å². The standard InChI is InChI=1S/C15H22N3O3PS/c1-11(2)20-22(19,21-12(3)4)10-14-17-18-15(23-14)16-13-8-6-5-7-9-13/h5-9,11-12H,10H2,1-4H3,(H,16,18). The first-order valence-electron chi connectivity index (χ1n) is 7.46. The normalized spacial score (nSPS) is 12.1. The van der Waals surface area contributed by atoms with Crippen LogP contribution in [0, 0.1) is 0 Å². The predicted molar refractivity (Wildman–Crippen MR) is 93.4 cm³/mol. The topological polar surface area (TPSA) is 73.3 Å². The maximum absolute atomic E-state index is 12.8. The van der Waals surface area contributed by atoms with Crippen molar-refractivity contribution in [3.05, 3.63) is 35.3 Å². The Labute approximate surface area is 140 Å². The van der Waals surface area contributed by atoms with Gasteiger partial charge in [-0.15, -0.1) is 10.2 Å². The number of hydrogen-bond acceptors (Lipinski definition) is 7. The SMILES string of the molecule is CC(C)OP(=O)(Cc1nnc(Nc2ccccc2)s1)OC(C)C. The van der Waals surface area contributed by atoms with Crippen molar-refractivity contribution in [1.29, 1.82) is 0 Å². The van der Waals surface area contributed by atoms with Crippen molar-refractivity contribution in [2.75, 3.05) is 5.32 Å². The highest BCUT2D eigenvalue weighted by atomic mass is 32.1. The molecule has 0 fully saturated rings. The lowest BCUT2D eigenvalue weighted by atomic mass is 10.3. The maximum atomic E-state index is 12.8. The summed E-state index contributed by atoms with van der Waals surface area (Å²) in [6, 6.07) is 9.70. The molecule has 0 atom stereocenters. The molecule has 1 heterocycles. The Morgan fingerprint density at radius 3 is 2.26 bits per heavy atom. The van der Waals surface area contributed by atoms with Crippen molar-refractivity contribution in [3.63, 3.8) is 0 Å². The minimum Gasteiger partial charge on any atom is -0.330 e. The molecule has 2 rings (SSSR count). The molecule has 0 unspecified atom stereocenters. The van der Waals surface area contributed by atoms with E-state index >= 15 is 0 Å². The van der Waals surface area contributed by atoms with Gasteiger partial charge in [-0.25, -0.2) is 0 Å². The molecule has 0 bridgehead atoms. The molecular formula is C15H22N3O3PS. The Balaban J connectivity index is 2.07. The summed E-state index contributed by atoms with van der Waals surface area (Å²) in [7, 11) is -3.24. The van der Waals surface area contributed by atoms with Gasteiger partial charge in [0.15, 0.2) is 0 Å².